The second kappa shape index (κ2) is 6.95. The van der Waals surface area contributed by atoms with E-state index >= 15 is 0 Å². The highest BCUT2D eigenvalue weighted by atomic mass is 32.2. The molecule has 124 valence electrons. The normalized spacial score (nSPS) is 20.0. The van der Waals surface area contributed by atoms with Gasteiger partial charge in [-0.15, -0.1) is 0 Å². The summed E-state index contributed by atoms with van der Waals surface area (Å²) >= 11 is 0. The minimum Gasteiger partial charge on any atom is -0.295 e. The van der Waals surface area contributed by atoms with E-state index in [-0.39, 0.29) is 6.04 Å². The van der Waals surface area contributed by atoms with Crippen LogP contribution in [0.3, 0.4) is 0 Å². The second-order valence-electron chi connectivity index (χ2n) is 6.23. The number of rotatable bonds is 5. The summed E-state index contributed by atoms with van der Waals surface area (Å²) in [6, 6.07) is 10.5. The van der Waals surface area contributed by atoms with E-state index in [0.29, 0.717) is 6.54 Å². The Kier molecular flexibility index (Phi) is 4.94. The Labute approximate surface area is 137 Å². The summed E-state index contributed by atoms with van der Waals surface area (Å²) in [5.74, 6) is 0. The minimum atomic E-state index is -3.14. The van der Waals surface area contributed by atoms with Crippen molar-refractivity contribution in [3.63, 3.8) is 0 Å². The summed E-state index contributed by atoms with van der Waals surface area (Å²) in [4.78, 5) is 6.90. The zero-order chi connectivity index (χ0) is 16.3. The van der Waals surface area contributed by atoms with Crippen molar-refractivity contribution >= 4 is 20.9 Å². The Morgan fingerprint density at radius 2 is 2.09 bits per heavy atom. The smallest absolute Gasteiger partial charge is 0.208 e. The minimum absolute atomic E-state index is 0.248. The number of hydrogen-bond acceptors (Lipinski definition) is 4. The van der Waals surface area contributed by atoms with E-state index in [1.165, 1.54) is 11.8 Å². The molecule has 0 amide bonds. The molecule has 1 fully saturated rings. The number of para-hydroxylation sites is 1. The Balaban J connectivity index is 1.78. The van der Waals surface area contributed by atoms with Gasteiger partial charge in [-0.3, -0.25) is 9.88 Å². The van der Waals surface area contributed by atoms with Crippen LogP contribution in [-0.2, 0) is 16.6 Å². The number of nitrogens with zero attached hydrogens (tertiary/aromatic N) is 2. The van der Waals surface area contributed by atoms with Crippen LogP contribution >= 0.6 is 0 Å². The molecule has 1 aromatic carbocycles. The highest BCUT2D eigenvalue weighted by Gasteiger charge is 2.23. The topological polar surface area (TPSA) is 62.3 Å². The maximum atomic E-state index is 11.4. The molecule has 0 bridgehead atoms. The molecule has 1 unspecified atom stereocenters. The van der Waals surface area contributed by atoms with Crippen molar-refractivity contribution in [1.29, 1.82) is 0 Å². The largest absolute Gasteiger partial charge is 0.295 e. The third-order valence-corrected chi connectivity index (χ3v) is 5.11. The van der Waals surface area contributed by atoms with Gasteiger partial charge in [-0.25, -0.2) is 13.1 Å². The molecule has 2 heterocycles. The first-order valence-corrected chi connectivity index (χ1v) is 9.93. The van der Waals surface area contributed by atoms with E-state index in [9.17, 15) is 8.42 Å². The van der Waals surface area contributed by atoms with Gasteiger partial charge < -0.3 is 0 Å². The lowest BCUT2D eigenvalue weighted by Gasteiger charge is -2.35. The van der Waals surface area contributed by atoms with Crippen LogP contribution in [0.4, 0.5) is 0 Å². The van der Waals surface area contributed by atoms with Crippen molar-refractivity contribution in [3.8, 4) is 0 Å². The highest BCUT2D eigenvalue weighted by Crippen LogP contribution is 2.23. The lowest BCUT2D eigenvalue weighted by atomic mass is 10.0. The predicted octanol–water partition coefficient (Wildman–Crippen LogP) is 2.14. The van der Waals surface area contributed by atoms with Gasteiger partial charge in [0, 0.05) is 30.7 Å². The van der Waals surface area contributed by atoms with Crippen molar-refractivity contribution in [1.82, 2.24) is 14.6 Å². The molecular formula is C17H23N3O2S. The van der Waals surface area contributed by atoms with E-state index in [2.05, 4.69) is 38.9 Å². The van der Waals surface area contributed by atoms with Crippen LogP contribution in [0, 0.1) is 0 Å². The maximum Gasteiger partial charge on any atom is 0.208 e. The van der Waals surface area contributed by atoms with Crippen LogP contribution in [0.5, 0.6) is 0 Å². The molecule has 2 aromatic rings. The van der Waals surface area contributed by atoms with Gasteiger partial charge in [-0.1, -0.05) is 30.7 Å². The number of aromatic nitrogens is 1. The fraction of sp³-hybridized carbons (Fsp3) is 0.471. The number of likely N-dealkylation sites (tertiary alicyclic amines) is 1. The monoisotopic (exact) mass is 333 g/mol. The number of sulfonamides is 1. The molecule has 0 saturated carbocycles. The molecule has 0 aliphatic carbocycles. The van der Waals surface area contributed by atoms with Gasteiger partial charge in [-0.2, -0.15) is 0 Å². The van der Waals surface area contributed by atoms with Gasteiger partial charge in [0.25, 0.3) is 0 Å². The van der Waals surface area contributed by atoms with E-state index in [1.807, 2.05) is 12.3 Å². The van der Waals surface area contributed by atoms with Gasteiger partial charge >= 0.3 is 0 Å². The molecule has 1 atom stereocenters. The lowest BCUT2D eigenvalue weighted by molar-refractivity contribution is 0.142. The van der Waals surface area contributed by atoms with Crippen LogP contribution in [0.1, 0.15) is 24.8 Å². The quantitative estimate of drug-likeness (QED) is 0.910. The summed E-state index contributed by atoms with van der Waals surface area (Å²) in [6.45, 7) is 2.29. The number of piperidine rings is 1. The lowest BCUT2D eigenvalue weighted by Crippen LogP contribution is -2.46. The van der Waals surface area contributed by atoms with E-state index < -0.39 is 10.0 Å². The van der Waals surface area contributed by atoms with E-state index in [4.69, 9.17) is 0 Å². The average Bonchev–Trinajstić information content (AvgIpc) is 2.54. The first-order chi connectivity index (χ1) is 11.0. The maximum absolute atomic E-state index is 11.4. The number of nitrogens with one attached hydrogen (secondary N) is 1. The van der Waals surface area contributed by atoms with Crippen LogP contribution in [0.2, 0.25) is 0 Å². The first kappa shape index (κ1) is 16.4. The number of pyridine rings is 1. The summed E-state index contributed by atoms with van der Waals surface area (Å²) < 4.78 is 25.4. The molecule has 1 aromatic heterocycles. The van der Waals surface area contributed by atoms with Crippen LogP contribution in [0.25, 0.3) is 10.9 Å². The summed E-state index contributed by atoms with van der Waals surface area (Å²) in [5.41, 5.74) is 2.24. The summed E-state index contributed by atoms with van der Waals surface area (Å²) in [7, 11) is -3.14. The summed E-state index contributed by atoms with van der Waals surface area (Å²) in [6.07, 6.45) is 6.38. The van der Waals surface area contributed by atoms with Crippen LogP contribution < -0.4 is 4.72 Å². The predicted molar refractivity (Wildman–Crippen MR) is 92.6 cm³/mol. The Morgan fingerprint density at radius 1 is 1.26 bits per heavy atom. The fourth-order valence-corrected chi connectivity index (χ4v) is 3.76. The van der Waals surface area contributed by atoms with Gasteiger partial charge in [0.15, 0.2) is 0 Å². The van der Waals surface area contributed by atoms with Crippen molar-refractivity contribution in [2.24, 2.45) is 0 Å². The number of hydrogen-bond donors (Lipinski definition) is 1. The van der Waals surface area contributed by atoms with Crippen LogP contribution in [0.15, 0.2) is 36.5 Å². The Hall–Kier alpha value is -1.50. The van der Waals surface area contributed by atoms with Gasteiger partial charge in [-0.05, 0) is 31.0 Å². The standard InChI is InChI=1S/C17H23N3O2S/c1-23(21,22)19-12-16-9-2-3-11-20(16)13-15-7-4-6-14-8-5-10-18-17(14)15/h4-8,10,16,19H,2-3,9,11-13H2,1H3. The average molecular weight is 333 g/mol. The number of fused-ring (bicyclic) bond motifs is 1. The molecule has 3 rings (SSSR count). The molecule has 5 nitrogen and oxygen atoms in total. The zero-order valence-electron chi connectivity index (χ0n) is 13.4. The van der Waals surface area contributed by atoms with E-state index in [0.717, 1.165) is 43.3 Å². The molecular weight excluding hydrogens is 310 g/mol. The molecule has 23 heavy (non-hydrogen) atoms. The van der Waals surface area contributed by atoms with Crippen molar-refractivity contribution in [2.75, 3.05) is 19.3 Å². The zero-order valence-corrected chi connectivity index (χ0v) is 14.2. The van der Waals surface area contributed by atoms with Gasteiger partial charge in [0.2, 0.25) is 10.0 Å². The first-order valence-electron chi connectivity index (χ1n) is 8.04. The molecule has 0 radical (unpaired) electrons. The molecule has 6 heteroatoms. The molecule has 0 spiro atoms. The van der Waals surface area contributed by atoms with Crippen molar-refractivity contribution in [3.05, 3.63) is 42.1 Å². The molecule has 1 saturated heterocycles. The highest BCUT2D eigenvalue weighted by molar-refractivity contribution is 7.88. The second-order valence-corrected chi connectivity index (χ2v) is 8.07. The van der Waals surface area contributed by atoms with Gasteiger partial charge in [0.05, 0.1) is 11.8 Å². The summed E-state index contributed by atoms with van der Waals surface area (Å²) in [5, 5.41) is 1.15. The number of benzene rings is 1. The Morgan fingerprint density at radius 3 is 2.91 bits per heavy atom. The molecule has 1 aliphatic heterocycles. The fourth-order valence-electron chi connectivity index (χ4n) is 3.26. The van der Waals surface area contributed by atoms with Crippen molar-refractivity contribution in [2.45, 2.75) is 31.8 Å². The Bertz CT molecular complexity index is 771. The van der Waals surface area contributed by atoms with Crippen LogP contribution in [-0.4, -0.2) is 43.7 Å². The molecule has 1 N–H and O–H groups in total. The van der Waals surface area contributed by atoms with Gasteiger partial charge in [0.1, 0.15) is 0 Å². The van der Waals surface area contributed by atoms with Crippen molar-refractivity contribution < 1.29 is 8.42 Å². The third-order valence-electron chi connectivity index (χ3n) is 4.42. The third kappa shape index (κ3) is 4.28. The molecule has 1 aliphatic rings. The van der Waals surface area contributed by atoms with E-state index in [1.54, 1.807) is 0 Å². The SMILES string of the molecule is CS(=O)(=O)NCC1CCCCN1Cc1cccc2cccnc12.